The fraction of sp³-hybridized carbons (Fsp3) is 0.600. The van der Waals surface area contributed by atoms with Crippen LogP contribution in [0, 0.1) is 0 Å². The van der Waals surface area contributed by atoms with Crippen molar-refractivity contribution in [3.05, 3.63) is 0 Å². The topological polar surface area (TPSA) is 130 Å². The van der Waals surface area contributed by atoms with Gasteiger partial charge in [0.1, 0.15) is 0 Å². The van der Waals surface area contributed by atoms with Crippen molar-refractivity contribution in [1.82, 2.24) is 16.0 Å². The average Bonchev–Trinajstić information content (AvgIpc) is 2.36. The fourth-order valence-electron chi connectivity index (χ4n) is 1.44. The summed E-state index contributed by atoms with van der Waals surface area (Å²) < 4.78 is 0. The summed E-state index contributed by atoms with van der Waals surface area (Å²) in [7, 11) is 0. The van der Waals surface area contributed by atoms with Crippen LogP contribution in [0.2, 0.25) is 0 Å². The highest BCUT2D eigenvalue weighted by molar-refractivity contribution is 7.96. The summed E-state index contributed by atoms with van der Waals surface area (Å²) in [6, 6.07) is -1.75. The zero-order chi connectivity index (χ0) is 14.4. The number of Topliss-reactive ketones (excluding diaryl/α,β-unsaturated/α-hetero) is 1. The number of thiol groups is 1. The van der Waals surface area contributed by atoms with Crippen molar-refractivity contribution in [2.24, 2.45) is 5.73 Å². The molecular weight excluding hydrogens is 272 g/mol. The van der Waals surface area contributed by atoms with Crippen molar-refractivity contribution in [3.8, 4) is 0 Å². The zero-order valence-corrected chi connectivity index (χ0v) is 11.0. The van der Waals surface area contributed by atoms with E-state index in [0.29, 0.717) is 0 Å². The lowest BCUT2D eigenvalue weighted by atomic mass is 10.1. The summed E-state index contributed by atoms with van der Waals surface area (Å²) in [5.41, 5.74) is 5.57. The van der Waals surface area contributed by atoms with Gasteiger partial charge < -0.3 is 16.4 Å². The first kappa shape index (κ1) is 15.6. The summed E-state index contributed by atoms with van der Waals surface area (Å²) in [4.78, 5) is 45.6. The van der Waals surface area contributed by atoms with E-state index in [9.17, 15) is 19.2 Å². The third kappa shape index (κ3) is 5.37. The second-order valence-corrected chi connectivity index (χ2v) is 4.57. The van der Waals surface area contributed by atoms with E-state index in [0.717, 1.165) is 0 Å². The first-order valence-electron chi connectivity index (χ1n) is 5.68. The molecule has 0 aliphatic carbocycles. The standard InChI is InChI=1S/C10H16N4O4S/c11-5-2-13-9(17)4-14-8(16)1-6(10(18)19)12-3-7(5)15/h5-6,12H,1-4,11H2,(H,13,17)(H,14,16)(H,18,19). The molecule has 1 heterocycles. The van der Waals surface area contributed by atoms with Gasteiger partial charge in [-0.3, -0.25) is 24.5 Å². The molecule has 2 atom stereocenters. The minimum Gasteiger partial charge on any atom is -0.353 e. The zero-order valence-electron chi connectivity index (χ0n) is 10.1. The number of rotatable bonds is 1. The first-order valence-corrected chi connectivity index (χ1v) is 6.12. The highest BCUT2D eigenvalue weighted by Crippen LogP contribution is 1.98. The molecule has 0 saturated carbocycles. The van der Waals surface area contributed by atoms with Gasteiger partial charge in [0.15, 0.2) is 5.78 Å². The number of amides is 2. The molecule has 0 spiro atoms. The molecule has 1 aliphatic heterocycles. The maximum atomic E-state index is 11.6. The van der Waals surface area contributed by atoms with Gasteiger partial charge in [-0.15, -0.1) is 12.6 Å². The molecule has 5 N–H and O–H groups in total. The molecule has 0 aromatic carbocycles. The summed E-state index contributed by atoms with van der Waals surface area (Å²) in [6.45, 7) is -0.413. The molecular formula is C10H16N4O4S. The maximum Gasteiger partial charge on any atom is 0.239 e. The van der Waals surface area contributed by atoms with Crippen molar-refractivity contribution >= 4 is 35.3 Å². The van der Waals surface area contributed by atoms with Crippen LogP contribution in [0.1, 0.15) is 6.42 Å². The highest BCUT2D eigenvalue weighted by Gasteiger charge is 2.23. The monoisotopic (exact) mass is 288 g/mol. The summed E-state index contributed by atoms with van der Waals surface area (Å²) >= 11 is 3.64. The van der Waals surface area contributed by atoms with E-state index in [1.807, 2.05) is 0 Å². The van der Waals surface area contributed by atoms with Gasteiger partial charge in [0.2, 0.25) is 16.9 Å². The van der Waals surface area contributed by atoms with E-state index in [2.05, 4.69) is 28.6 Å². The highest BCUT2D eigenvalue weighted by atomic mass is 32.1. The third-order valence-electron chi connectivity index (χ3n) is 2.59. The van der Waals surface area contributed by atoms with Crippen LogP contribution in [0.4, 0.5) is 0 Å². The van der Waals surface area contributed by atoms with Crippen LogP contribution in [0.25, 0.3) is 0 Å². The minimum absolute atomic E-state index is 0.0191. The Morgan fingerprint density at radius 2 is 1.84 bits per heavy atom. The minimum atomic E-state index is -0.887. The van der Waals surface area contributed by atoms with Gasteiger partial charge in [-0.1, -0.05) is 0 Å². The van der Waals surface area contributed by atoms with Gasteiger partial charge in [0.25, 0.3) is 0 Å². The van der Waals surface area contributed by atoms with E-state index in [-0.39, 0.29) is 31.8 Å². The van der Waals surface area contributed by atoms with E-state index in [1.165, 1.54) is 0 Å². The average molecular weight is 288 g/mol. The molecule has 2 unspecified atom stereocenters. The number of nitrogens with two attached hydrogens (primary N) is 1. The van der Waals surface area contributed by atoms with Crippen LogP contribution < -0.4 is 21.7 Å². The molecule has 1 saturated heterocycles. The Labute approximate surface area is 115 Å². The van der Waals surface area contributed by atoms with Crippen molar-refractivity contribution < 1.29 is 19.2 Å². The molecule has 8 nitrogen and oxygen atoms in total. The normalized spacial score (nSPS) is 26.7. The quantitative estimate of drug-likeness (QED) is 0.326. The van der Waals surface area contributed by atoms with Gasteiger partial charge in [-0.2, -0.15) is 0 Å². The number of hydrogen-bond acceptors (Lipinski definition) is 6. The lowest BCUT2D eigenvalue weighted by molar-refractivity contribution is -0.128. The SMILES string of the molecule is NC1CNC(=O)CNC(=O)CC(C(=O)S)NCC1=O. The summed E-state index contributed by atoms with van der Waals surface area (Å²) in [5, 5.41) is 6.86. The second-order valence-electron chi connectivity index (χ2n) is 4.13. The first-order chi connectivity index (χ1) is 8.90. The van der Waals surface area contributed by atoms with E-state index >= 15 is 0 Å². The Balaban J connectivity index is 2.74. The molecule has 0 aromatic heterocycles. The van der Waals surface area contributed by atoms with Crippen molar-refractivity contribution in [2.75, 3.05) is 19.6 Å². The summed E-state index contributed by atoms with van der Waals surface area (Å²) in [6.07, 6.45) is -0.196. The number of ketones is 1. The van der Waals surface area contributed by atoms with Gasteiger partial charge in [0.05, 0.1) is 25.2 Å². The lowest BCUT2D eigenvalue weighted by Gasteiger charge is -2.18. The molecule has 19 heavy (non-hydrogen) atoms. The molecule has 9 heteroatoms. The van der Waals surface area contributed by atoms with Gasteiger partial charge in [-0.25, -0.2) is 0 Å². The Morgan fingerprint density at radius 1 is 1.16 bits per heavy atom. The number of nitrogens with one attached hydrogen (secondary N) is 3. The van der Waals surface area contributed by atoms with Gasteiger partial charge >= 0.3 is 0 Å². The van der Waals surface area contributed by atoms with Crippen molar-refractivity contribution in [2.45, 2.75) is 18.5 Å². The van der Waals surface area contributed by atoms with Crippen LogP contribution in [0.5, 0.6) is 0 Å². The fourth-order valence-corrected chi connectivity index (χ4v) is 1.62. The number of carbonyl (C=O) groups excluding carboxylic acids is 4. The van der Waals surface area contributed by atoms with Crippen LogP contribution in [-0.2, 0) is 19.2 Å². The predicted octanol–water partition coefficient (Wildman–Crippen LogP) is -3.07. The molecule has 0 radical (unpaired) electrons. The second kappa shape index (κ2) is 7.22. The molecule has 106 valence electrons. The number of hydrogen-bond donors (Lipinski definition) is 5. The molecule has 1 rings (SSSR count). The van der Waals surface area contributed by atoms with Gasteiger partial charge in [0, 0.05) is 13.0 Å². The molecule has 1 aliphatic rings. The third-order valence-corrected chi connectivity index (χ3v) is 2.90. The van der Waals surface area contributed by atoms with Crippen LogP contribution in [-0.4, -0.2) is 54.4 Å². The Morgan fingerprint density at radius 3 is 2.47 bits per heavy atom. The van der Waals surface area contributed by atoms with Crippen LogP contribution in [0.3, 0.4) is 0 Å². The molecule has 1 fully saturated rings. The Hall–Kier alpha value is -1.45. The van der Waals surface area contributed by atoms with Gasteiger partial charge in [-0.05, 0) is 0 Å². The summed E-state index contributed by atoms with van der Waals surface area (Å²) in [5.74, 6) is -1.29. The molecule has 2 amide bonds. The lowest BCUT2D eigenvalue weighted by Crippen LogP contribution is -2.51. The molecule has 0 bridgehead atoms. The Kier molecular flexibility index (Phi) is 5.93. The molecule has 0 aromatic rings. The van der Waals surface area contributed by atoms with Crippen LogP contribution in [0.15, 0.2) is 0 Å². The predicted molar refractivity (Wildman–Crippen MR) is 69.4 cm³/mol. The van der Waals surface area contributed by atoms with E-state index < -0.39 is 29.0 Å². The smallest absolute Gasteiger partial charge is 0.239 e. The largest absolute Gasteiger partial charge is 0.353 e. The number of carbonyl (C=O) groups is 4. The van der Waals surface area contributed by atoms with Crippen molar-refractivity contribution in [3.63, 3.8) is 0 Å². The van der Waals surface area contributed by atoms with E-state index in [1.54, 1.807) is 0 Å². The van der Waals surface area contributed by atoms with E-state index in [4.69, 9.17) is 5.73 Å². The Bertz CT molecular complexity index is 401. The maximum absolute atomic E-state index is 11.6. The van der Waals surface area contributed by atoms with Crippen molar-refractivity contribution in [1.29, 1.82) is 0 Å². The van der Waals surface area contributed by atoms with Crippen LogP contribution >= 0.6 is 12.6 Å².